The van der Waals surface area contributed by atoms with E-state index in [0.29, 0.717) is 15.7 Å². The summed E-state index contributed by atoms with van der Waals surface area (Å²) < 4.78 is 51.8. The van der Waals surface area contributed by atoms with Gasteiger partial charge < -0.3 is 19.5 Å². The standard InChI is InChI=1S/C17H20B3ClFN2O9P/c1-7-3-2-4-8-6-30-34(29,31-10(7)8)33-17(19,20)15(22)11(25)12(26)16(18,32-15)24-5-9(21)13(27)23-14(24)28/h2-5,11-12,25-26H,6,18-20H2,1H3,(H,23,27,28)/t11-,12+,15-,16-,34?/m0/s1. The minimum atomic E-state index is -4.42. The van der Waals surface area contributed by atoms with Crippen molar-refractivity contribution in [2.45, 2.75) is 42.6 Å². The zero-order chi connectivity index (χ0) is 25.3. The van der Waals surface area contributed by atoms with Crippen molar-refractivity contribution in [3.8, 4) is 5.75 Å². The van der Waals surface area contributed by atoms with Crippen molar-refractivity contribution >= 4 is 43.0 Å². The molecule has 0 radical (unpaired) electrons. The van der Waals surface area contributed by atoms with Crippen LogP contribution in [0.2, 0.25) is 5.02 Å². The summed E-state index contributed by atoms with van der Waals surface area (Å²) in [5, 5.41) is 18.7. The number of aliphatic hydroxyl groups is 2. The van der Waals surface area contributed by atoms with Gasteiger partial charge in [0, 0.05) is 11.8 Å². The maximum atomic E-state index is 16.3. The average molecular weight is 514 g/mol. The minimum Gasteiger partial charge on any atom is -0.403 e. The van der Waals surface area contributed by atoms with Crippen molar-refractivity contribution in [2.75, 3.05) is 0 Å². The van der Waals surface area contributed by atoms with Crippen LogP contribution in [0, 0.1) is 6.92 Å². The van der Waals surface area contributed by atoms with Gasteiger partial charge in [-0.2, -0.15) is 0 Å². The monoisotopic (exact) mass is 514 g/mol. The quantitative estimate of drug-likeness (QED) is 0.306. The SMILES string of the molecule is BC(B)(OP1(=O)OCc2cccc(C)c2O1)[C@@]1(F)O[C@@](B)(n2cc(Cl)c(=O)[nH]c2=O)[C@H](O)[C@@H]1O. The summed E-state index contributed by atoms with van der Waals surface area (Å²) in [5.41, 5.74) is -2.98. The Balaban J connectivity index is 1.69. The van der Waals surface area contributed by atoms with Crippen molar-refractivity contribution < 1.29 is 37.5 Å². The molecule has 0 amide bonds. The molecule has 1 aromatic carbocycles. The van der Waals surface area contributed by atoms with Crippen molar-refractivity contribution in [3.05, 3.63) is 61.4 Å². The number of aromatic nitrogens is 2. The molecule has 5 atom stereocenters. The van der Waals surface area contributed by atoms with E-state index in [0.717, 1.165) is 29.7 Å². The fraction of sp³-hybridized carbons (Fsp3) is 0.412. The normalized spacial score (nSPS) is 33.3. The number of hydrogen-bond donors (Lipinski definition) is 3. The lowest BCUT2D eigenvalue weighted by Gasteiger charge is -2.41. The Bertz CT molecular complexity index is 1330. The van der Waals surface area contributed by atoms with E-state index in [4.69, 9.17) is 29.9 Å². The molecule has 2 aromatic rings. The van der Waals surface area contributed by atoms with Crippen LogP contribution < -0.4 is 15.8 Å². The largest absolute Gasteiger partial charge is 0.529 e. The first kappa shape index (κ1) is 25.2. The number of rotatable bonds is 4. The molecule has 34 heavy (non-hydrogen) atoms. The number of aryl methyl sites for hydroxylation is 1. The topological polar surface area (TPSA) is 149 Å². The summed E-state index contributed by atoms with van der Waals surface area (Å²) in [6.07, 6.45) is -3.50. The fourth-order valence-electron chi connectivity index (χ4n) is 4.00. The maximum Gasteiger partial charge on any atom is 0.529 e. The van der Waals surface area contributed by atoms with Gasteiger partial charge in [0.05, 0.1) is 12.0 Å². The number of nitrogens with zero attached hydrogens (tertiary/aromatic N) is 1. The predicted octanol–water partition coefficient (Wildman–Crippen LogP) is -2.19. The van der Waals surface area contributed by atoms with Crippen LogP contribution >= 0.6 is 19.4 Å². The number of phosphoric ester groups is 1. The van der Waals surface area contributed by atoms with Gasteiger partial charge in [-0.25, -0.2) is 13.8 Å². The molecule has 0 aliphatic carbocycles. The lowest BCUT2D eigenvalue weighted by atomic mass is 9.59. The van der Waals surface area contributed by atoms with E-state index in [1.54, 1.807) is 25.1 Å². The Hall–Kier alpha value is -1.86. The van der Waals surface area contributed by atoms with Crippen LogP contribution in [0.4, 0.5) is 4.39 Å². The summed E-state index contributed by atoms with van der Waals surface area (Å²) >= 11 is 5.78. The summed E-state index contributed by atoms with van der Waals surface area (Å²) in [4.78, 5) is 25.9. The van der Waals surface area contributed by atoms with Crippen LogP contribution in [-0.4, -0.2) is 66.8 Å². The Morgan fingerprint density at radius 3 is 2.71 bits per heavy atom. The summed E-state index contributed by atoms with van der Waals surface area (Å²) in [7, 11) is -1.11. The highest BCUT2D eigenvalue weighted by Gasteiger charge is 2.69. The molecule has 180 valence electrons. The minimum absolute atomic E-state index is 0.140. The number of benzene rings is 1. The first-order valence-electron chi connectivity index (χ1n) is 10.1. The van der Waals surface area contributed by atoms with Crippen LogP contribution in [0.25, 0.3) is 0 Å². The Morgan fingerprint density at radius 1 is 1.35 bits per heavy atom. The van der Waals surface area contributed by atoms with Crippen LogP contribution in [0.5, 0.6) is 5.75 Å². The lowest BCUT2D eigenvalue weighted by Crippen LogP contribution is -2.60. The van der Waals surface area contributed by atoms with Crippen LogP contribution in [0.1, 0.15) is 11.1 Å². The number of H-pyrrole nitrogens is 1. The smallest absolute Gasteiger partial charge is 0.403 e. The number of aromatic amines is 1. The molecule has 1 fully saturated rings. The number of ether oxygens (including phenoxy) is 1. The Labute approximate surface area is 200 Å². The van der Waals surface area contributed by atoms with Gasteiger partial charge in [0.1, 0.15) is 44.3 Å². The van der Waals surface area contributed by atoms with Gasteiger partial charge in [-0.05, 0) is 12.5 Å². The van der Waals surface area contributed by atoms with Gasteiger partial charge in [-0.3, -0.25) is 23.4 Å². The molecule has 17 heteroatoms. The molecule has 2 aliphatic rings. The molecule has 1 unspecified atom stereocenters. The third-order valence-corrected chi connectivity index (χ3v) is 7.80. The number of halogens is 2. The number of para-hydroxylation sites is 1. The summed E-state index contributed by atoms with van der Waals surface area (Å²) in [6, 6.07) is 5.18. The number of aliphatic hydroxyl groups excluding tert-OH is 2. The Morgan fingerprint density at radius 2 is 2.03 bits per heavy atom. The van der Waals surface area contributed by atoms with E-state index in [1.807, 2.05) is 4.98 Å². The van der Waals surface area contributed by atoms with Crippen LogP contribution in [0.3, 0.4) is 0 Å². The second-order valence-corrected chi connectivity index (χ2v) is 10.7. The first-order valence-corrected chi connectivity index (χ1v) is 12.0. The summed E-state index contributed by atoms with van der Waals surface area (Å²) in [5.74, 6) is -2.98. The highest BCUT2D eigenvalue weighted by Crippen LogP contribution is 2.59. The number of hydrogen-bond acceptors (Lipinski definition) is 9. The zero-order valence-electron chi connectivity index (χ0n) is 18.6. The number of nitrogens with one attached hydrogen (secondary N) is 1. The average Bonchev–Trinajstić information content (AvgIpc) is 2.93. The van der Waals surface area contributed by atoms with Crippen LogP contribution in [-0.2, 0) is 30.6 Å². The van der Waals surface area contributed by atoms with E-state index >= 15 is 4.39 Å². The van der Waals surface area contributed by atoms with E-state index in [-0.39, 0.29) is 12.4 Å². The third-order valence-electron chi connectivity index (χ3n) is 6.00. The second kappa shape index (κ2) is 8.09. The zero-order valence-corrected chi connectivity index (χ0v) is 20.2. The lowest BCUT2D eigenvalue weighted by molar-refractivity contribution is -0.240. The third kappa shape index (κ3) is 3.79. The number of phosphoric acid groups is 1. The molecule has 11 nitrogen and oxygen atoms in total. The van der Waals surface area contributed by atoms with Gasteiger partial charge in [-0.15, -0.1) is 0 Å². The molecule has 1 aromatic heterocycles. The molecule has 3 N–H and O–H groups in total. The van der Waals surface area contributed by atoms with Crippen molar-refractivity contribution in [3.63, 3.8) is 0 Å². The van der Waals surface area contributed by atoms with E-state index < -0.39 is 53.2 Å². The highest BCUT2D eigenvalue weighted by molar-refractivity contribution is 7.49. The molecule has 0 bridgehead atoms. The molecule has 2 aliphatic heterocycles. The molecular weight excluding hydrogens is 494 g/mol. The number of alkyl halides is 1. The van der Waals surface area contributed by atoms with Crippen molar-refractivity contribution in [2.24, 2.45) is 0 Å². The molecule has 0 spiro atoms. The highest BCUT2D eigenvalue weighted by atomic mass is 35.5. The van der Waals surface area contributed by atoms with Crippen molar-refractivity contribution in [1.82, 2.24) is 9.55 Å². The first-order chi connectivity index (χ1) is 15.6. The maximum absolute atomic E-state index is 16.3. The predicted molar refractivity (Wildman–Crippen MR) is 125 cm³/mol. The van der Waals surface area contributed by atoms with E-state index in [2.05, 4.69) is 0 Å². The fourth-order valence-corrected chi connectivity index (χ4v) is 5.75. The molecular formula is C17H20B3ClFN2O9P. The molecule has 0 saturated carbocycles. The molecule has 1 saturated heterocycles. The summed E-state index contributed by atoms with van der Waals surface area (Å²) in [6.45, 7) is 1.58. The number of fused-ring (bicyclic) bond motifs is 1. The van der Waals surface area contributed by atoms with Gasteiger partial charge in [0.15, 0.2) is 7.85 Å². The van der Waals surface area contributed by atoms with E-state index in [9.17, 15) is 24.4 Å². The van der Waals surface area contributed by atoms with Crippen molar-refractivity contribution in [1.29, 1.82) is 0 Å². The Kier molecular flexibility index (Phi) is 6.01. The van der Waals surface area contributed by atoms with E-state index in [1.165, 1.54) is 0 Å². The second-order valence-electron chi connectivity index (χ2n) is 8.77. The molecule has 3 heterocycles. The van der Waals surface area contributed by atoms with Gasteiger partial charge in [-0.1, -0.05) is 29.8 Å². The van der Waals surface area contributed by atoms with Gasteiger partial charge in [0.2, 0.25) is 0 Å². The van der Waals surface area contributed by atoms with Crippen LogP contribution in [0.15, 0.2) is 34.0 Å². The van der Waals surface area contributed by atoms with Gasteiger partial charge in [0.25, 0.3) is 11.4 Å². The molecule has 4 rings (SSSR count). The van der Waals surface area contributed by atoms with Gasteiger partial charge >= 0.3 is 13.5 Å².